The lowest BCUT2D eigenvalue weighted by Crippen LogP contribution is -2.35. The SMILES string of the molecule is COC(C)(C)CC1OCCC1CNC1CC1. The number of nitrogens with one attached hydrogen (secondary N) is 1. The summed E-state index contributed by atoms with van der Waals surface area (Å²) in [5, 5.41) is 3.61. The fraction of sp³-hybridized carbons (Fsp3) is 1.00. The summed E-state index contributed by atoms with van der Waals surface area (Å²) < 4.78 is 11.3. The molecule has 0 amide bonds. The van der Waals surface area contributed by atoms with E-state index in [1.165, 1.54) is 19.3 Å². The highest BCUT2D eigenvalue weighted by atomic mass is 16.5. The van der Waals surface area contributed by atoms with Crippen LogP contribution in [0.25, 0.3) is 0 Å². The van der Waals surface area contributed by atoms with Crippen LogP contribution in [0.5, 0.6) is 0 Å². The van der Waals surface area contributed by atoms with Crippen LogP contribution in [0.15, 0.2) is 0 Å². The summed E-state index contributed by atoms with van der Waals surface area (Å²) in [6.07, 6.45) is 5.30. The van der Waals surface area contributed by atoms with Crippen LogP contribution in [-0.2, 0) is 9.47 Å². The molecule has 2 fully saturated rings. The van der Waals surface area contributed by atoms with Gasteiger partial charge in [0.1, 0.15) is 0 Å². The molecule has 3 heteroatoms. The summed E-state index contributed by atoms with van der Waals surface area (Å²) in [7, 11) is 1.78. The van der Waals surface area contributed by atoms with Gasteiger partial charge in [0.05, 0.1) is 11.7 Å². The zero-order valence-corrected chi connectivity index (χ0v) is 10.8. The van der Waals surface area contributed by atoms with Gasteiger partial charge in [-0.1, -0.05) is 0 Å². The molecule has 1 aliphatic heterocycles. The summed E-state index contributed by atoms with van der Waals surface area (Å²) in [4.78, 5) is 0. The highest BCUT2D eigenvalue weighted by Crippen LogP contribution is 2.29. The molecule has 2 aliphatic rings. The zero-order chi connectivity index (χ0) is 11.6. The molecule has 0 aromatic rings. The molecule has 2 unspecified atom stereocenters. The second-order valence-corrected chi connectivity index (χ2v) is 5.81. The molecule has 1 saturated heterocycles. The Bertz CT molecular complexity index is 226. The molecule has 0 aromatic heterocycles. The van der Waals surface area contributed by atoms with Crippen molar-refractivity contribution in [3.63, 3.8) is 0 Å². The largest absolute Gasteiger partial charge is 0.379 e. The first-order valence-corrected chi connectivity index (χ1v) is 6.51. The van der Waals surface area contributed by atoms with Crippen molar-refractivity contribution in [1.82, 2.24) is 5.32 Å². The number of ether oxygens (including phenoxy) is 2. The monoisotopic (exact) mass is 227 g/mol. The molecular weight excluding hydrogens is 202 g/mol. The van der Waals surface area contributed by atoms with Gasteiger partial charge < -0.3 is 14.8 Å². The first kappa shape index (κ1) is 12.3. The van der Waals surface area contributed by atoms with E-state index in [1.54, 1.807) is 7.11 Å². The van der Waals surface area contributed by atoms with Gasteiger partial charge in [0.2, 0.25) is 0 Å². The predicted molar refractivity (Wildman–Crippen MR) is 64.6 cm³/mol. The van der Waals surface area contributed by atoms with Crippen LogP contribution < -0.4 is 5.32 Å². The van der Waals surface area contributed by atoms with Gasteiger partial charge >= 0.3 is 0 Å². The van der Waals surface area contributed by atoms with Gasteiger partial charge in [0.15, 0.2) is 0 Å². The Labute approximate surface area is 98.9 Å². The molecule has 0 spiro atoms. The van der Waals surface area contributed by atoms with Crippen molar-refractivity contribution in [1.29, 1.82) is 0 Å². The molecule has 16 heavy (non-hydrogen) atoms. The molecular formula is C13H25NO2. The summed E-state index contributed by atoms with van der Waals surface area (Å²) >= 11 is 0. The van der Waals surface area contributed by atoms with Crippen molar-refractivity contribution in [2.75, 3.05) is 20.3 Å². The van der Waals surface area contributed by atoms with Gasteiger partial charge in [-0.05, 0) is 39.0 Å². The first-order chi connectivity index (χ1) is 7.61. The van der Waals surface area contributed by atoms with Crippen molar-refractivity contribution in [3.8, 4) is 0 Å². The molecule has 1 heterocycles. The second-order valence-electron chi connectivity index (χ2n) is 5.81. The van der Waals surface area contributed by atoms with Gasteiger partial charge in [-0.25, -0.2) is 0 Å². The number of methoxy groups -OCH3 is 1. The Balaban J connectivity index is 1.77. The van der Waals surface area contributed by atoms with E-state index in [4.69, 9.17) is 9.47 Å². The maximum absolute atomic E-state index is 5.84. The van der Waals surface area contributed by atoms with Crippen LogP contribution in [0.3, 0.4) is 0 Å². The molecule has 3 nitrogen and oxygen atoms in total. The lowest BCUT2D eigenvalue weighted by Gasteiger charge is -2.29. The normalized spacial score (nSPS) is 30.9. The van der Waals surface area contributed by atoms with Crippen LogP contribution in [0.2, 0.25) is 0 Å². The van der Waals surface area contributed by atoms with Crippen molar-refractivity contribution in [2.24, 2.45) is 5.92 Å². The Kier molecular flexibility index (Phi) is 3.88. The third kappa shape index (κ3) is 3.44. The Hall–Kier alpha value is -0.120. The molecule has 1 aliphatic carbocycles. The van der Waals surface area contributed by atoms with Gasteiger partial charge in [-0.15, -0.1) is 0 Å². The molecule has 94 valence electrons. The molecule has 1 saturated carbocycles. The van der Waals surface area contributed by atoms with E-state index in [2.05, 4.69) is 19.2 Å². The van der Waals surface area contributed by atoms with E-state index in [1.807, 2.05) is 0 Å². The lowest BCUT2D eigenvalue weighted by molar-refractivity contribution is -0.0347. The molecule has 2 atom stereocenters. The van der Waals surface area contributed by atoms with E-state index < -0.39 is 0 Å². The Morgan fingerprint density at radius 2 is 2.06 bits per heavy atom. The molecule has 0 aromatic carbocycles. The Morgan fingerprint density at radius 1 is 1.31 bits per heavy atom. The van der Waals surface area contributed by atoms with Gasteiger partial charge in [0.25, 0.3) is 0 Å². The highest BCUT2D eigenvalue weighted by Gasteiger charge is 2.34. The van der Waals surface area contributed by atoms with Gasteiger partial charge in [0, 0.05) is 32.7 Å². The minimum atomic E-state index is -0.0627. The standard InChI is InChI=1S/C13H25NO2/c1-13(2,15-3)8-12-10(6-7-16-12)9-14-11-4-5-11/h10-12,14H,4-9H2,1-3H3. The van der Waals surface area contributed by atoms with Crippen molar-refractivity contribution < 1.29 is 9.47 Å². The predicted octanol–water partition coefficient (Wildman–Crippen LogP) is 1.96. The zero-order valence-electron chi connectivity index (χ0n) is 10.8. The quantitative estimate of drug-likeness (QED) is 0.752. The lowest BCUT2D eigenvalue weighted by atomic mass is 9.91. The fourth-order valence-electron chi connectivity index (χ4n) is 2.33. The number of hydrogen-bond donors (Lipinski definition) is 1. The van der Waals surface area contributed by atoms with Gasteiger partial charge in [-0.3, -0.25) is 0 Å². The smallest absolute Gasteiger partial charge is 0.0647 e. The third-order valence-corrected chi connectivity index (χ3v) is 3.84. The molecule has 0 radical (unpaired) electrons. The van der Waals surface area contributed by atoms with Gasteiger partial charge in [-0.2, -0.15) is 0 Å². The molecule has 1 N–H and O–H groups in total. The third-order valence-electron chi connectivity index (χ3n) is 3.84. The van der Waals surface area contributed by atoms with Crippen LogP contribution in [0, 0.1) is 5.92 Å². The average Bonchev–Trinajstić information content (AvgIpc) is 2.98. The van der Waals surface area contributed by atoms with E-state index in [-0.39, 0.29) is 5.60 Å². The van der Waals surface area contributed by atoms with E-state index in [9.17, 15) is 0 Å². The average molecular weight is 227 g/mol. The van der Waals surface area contributed by atoms with Crippen LogP contribution >= 0.6 is 0 Å². The second kappa shape index (κ2) is 5.03. The van der Waals surface area contributed by atoms with E-state index in [0.29, 0.717) is 12.0 Å². The first-order valence-electron chi connectivity index (χ1n) is 6.51. The van der Waals surface area contributed by atoms with E-state index >= 15 is 0 Å². The maximum Gasteiger partial charge on any atom is 0.0647 e. The minimum Gasteiger partial charge on any atom is -0.379 e. The van der Waals surface area contributed by atoms with Crippen LogP contribution in [0.1, 0.15) is 39.5 Å². The molecule has 0 bridgehead atoms. The van der Waals surface area contributed by atoms with Crippen molar-refractivity contribution >= 4 is 0 Å². The minimum absolute atomic E-state index is 0.0627. The highest BCUT2D eigenvalue weighted by molar-refractivity contribution is 4.87. The summed E-state index contributed by atoms with van der Waals surface area (Å²) in [6.45, 7) is 6.32. The van der Waals surface area contributed by atoms with Crippen molar-refractivity contribution in [2.45, 2.75) is 57.3 Å². The maximum atomic E-state index is 5.84. The number of rotatable bonds is 6. The molecule has 2 rings (SSSR count). The van der Waals surface area contributed by atoms with Crippen LogP contribution in [0.4, 0.5) is 0 Å². The van der Waals surface area contributed by atoms with E-state index in [0.717, 1.165) is 25.6 Å². The summed E-state index contributed by atoms with van der Waals surface area (Å²) in [5.41, 5.74) is -0.0627. The fourth-order valence-corrected chi connectivity index (χ4v) is 2.33. The van der Waals surface area contributed by atoms with Crippen molar-refractivity contribution in [3.05, 3.63) is 0 Å². The van der Waals surface area contributed by atoms with Crippen LogP contribution in [-0.4, -0.2) is 38.0 Å². The topological polar surface area (TPSA) is 30.5 Å². The number of hydrogen-bond acceptors (Lipinski definition) is 3. The Morgan fingerprint density at radius 3 is 2.69 bits per heavy atom. The summed E-state index contributed by atoms with van der Waals surface area (Å²) in [6, 6.07) is 0.802. The summed E-state index contributed by atoms with van der Waals surface area (Å²) in [5.74, 6) is 0.676.